The Morgan fingerprint density at radius 3 is 1.41 bits per heavy atom. The van der Waals surface area contributed by atoms with Gasteiger partial charge in [0.05, 0.1) is 88.9 Å². The molecule has 0 bridgehead atoms. The number of nitrogens with zero attached hydrogens (tertiary/aromatic N) is 5. The van der Waals surface area contributed by atoms with Gasteiger partial charge in [-0.2, -0.15) is 0 Å². The average molecular weight is 1430 g/mol. The standard InChI is InChI=1S/C63H79Cl6N5O16Si2/c1-60(2,3)91(10,11)89-56-47-27-40(38-15-18-42(80-7)19-16-38)34-71(47)54(76)43-29-49(81-8)51(31-45(43)73(56)58(78)87-36-62(64,65)66)84-22-14-23-85-52-32-46-44(30-50(52)82-9)55(77)72-35-41(39-17-20-53(70-33-39)86-26-25-83-24-21-75)28-48(72)57(90-92(12,13)61(4,5)6)74(46)59(79)88-37-63(67,68)69/h15-20,29-35,47-48,56-57,75H,14,21-28,36-37H2,1-13H3. The van der Waals surface area contributed by atoms with Gasteiger partial charge in [-0.15, -0.1) is 0 Å². The van der Waals surface area contributed by atoms with Crippen LogP contribution >= 0.6 is 69.6 Å². The third kappa shape index (κ3) is 16.8. The monoisotopic (exact) mass is 1430 g/mol. The summed E-state index contributed by atoms with van der Waals surface area (Å²) >= 11 is 37.1. The number of fused-ring (bicyclic) bond motifs is 4. The number of methoxy groups -OCH3 is 3. The number of carbonyl (C=O) groups excluding carboxylic acids is 4. The molecule has 3 aromatic carbocycles. The summed E-state index contributed by atoms with van der Waals surface area (Å²) in [4.78, 5) is 70.4. The summed E-state index contributed by atoms with van der Waals surface area (Å²) in [7, 11) is -1.25. The summed E-state index contributed by atoms with van der Waals surface area (Å²) in [6.45, 7) is 19.7. The van der Waals surface area contributed by atoms with Crippen molar-refractivity contribution in [3.63, 3.8) is 0 Å². The molecule has 4 aliphatic rings. The summed E-state index contributed by atoms with van der Waals surface area (Å²) in [5, 5.41) is 8.28. The number of aliphatic hydroxyl groups is 1. The molecule has 0 aliphatic carbocycles. The SMILES string of the molecule is COc1ccc(C2=CN3C(=O)c4cc(OC)c(OCCCOc5cc6c(cc5OC)C(=O)N5C=C(c7ccc(OCCOCCO)nc7)CC5C(O[Si](C)(C)C(C)(C)C)N6C(=O)OCC(Cl)(Cl)Cl)cc4N(C(=O)OCC(Cl)(Cl)Cl)C(O[Si](C)(C)C(C)(C)C)C3C2)cc1. The molecule has 502 valence electrons. The average Bonchev–Trinajstić information content (AvgIpc) is 1.57. The van der Waals surface area contributed by atoms with Crippen LogP contribution in [0.2, 0.25) is 36.3 Å². The van der Waals surface area contributed by atoms with Gasteiger partial charge in [0.15, 0.2) is 52.1 Å². The van der Waals surface area contributed by atoms with E-state index in [1.54, 1.807) is 41.6 Å². The van der Waals surface area contributed by atoms with Crippen LogP contribution in [0, 0.1) is 0 Å². The van der Waals surface area contributed by atoms with Crippen LogP contribution < -0.4 is 38.2 Å². The molecule has 1 aromatic heterocycles. The van der Waals surface area contributed by atoms with Crippen LogP contribution in [0.4, 0.5) is 21.0 Å². The number of alkyl halides is 6. The first-order valence-electron chi connectivity index (χ1n) is 29.7. The van der Waals surface area contributed by atoms with Gasteiger partial charge in [-0.1, -0.05) is 123 Å². The van der Waals surface area contributed by atoms with E-state index in [0.29, 0.717) is 17.2 Å². The Kier molecular flexibility index (Phi) is 23.1. The highest BCUT2D eigenvalue weighted by Crippen LogP contribution is 2.50. The largest absolute Gasteiger partial charge is 0.497 e. The molecule has 92 heavy (non-hydrogen) atoms. The van der Waals surface area contributed by atoms with Crippen molar-refractivity contribution in [2.45, 2.75) is 129 Å². The first-order chi connectivity index (χ1) is 43.1. The third-order valence-electron chi connectivity index (χ3n) is 17.0. The lowest BCUT2D eigenvalue weighted by Gasteiger charge is -2.44. The lowest BCUT2D eigenvalue weighted by molar-refractivity contribution is 0.0584. The van der Waals surface area contributed by atoms with Crippen molar-refractivity contribution in [1.29, 1.82) is 0 Å². The van der Waals surface area contributed by atoms with E-state index in [2.05, 4.69) is 46.5 Å². The predicted octanol–water partition coefficient (Wildman–Crippen LogP) is 14.2. The number of ether oxygens (including phenoxy) is 9. The van der Waals surface area contributed by atoms with E-state index < -0.39 is 91.0 Å². The zero-order valence-electron chi connectivity index (χ0n) is 53.7. The van der Waals surface area contributed by atoms with Crippen molar-refractivity contribution in [2.75, 3.05) is 84.0 Å². The minimum Gasteiger partial charge on any atom is -0.497 e. The molecule has 0 saturated heterocycles. The summed E-state index contributed by atoms with van der Waals surface area (Å²) in [6, 6.07) is 15.4. The number of anilines is 2. The molecule has 8 rings (SSSR count). The number of rotatable bonds is 23. The molecule has 0 fully saturated rings. The Morgan fingerprint density at radius 2 is 1.02 bits per heavy atom. The molecule has 4 aliphatic heterocycles. The van der Waals surface area contributed by atoms with E-state index in [-0.39, 0.29) is 109 Å². The number of amides is 4. The predicted molar refractivity (Wildman–Crippen MR) is 360 cm³/mol. The van der Waals surface area contributed by atoms with Gasteiger partial charge in [-0.05, 0) is 102 Å². The molecule has 0 spiro atoms. The van der Waals surface area contributed by atoms with Crippen LogP contribution in [-0.4, -0.2) is 167 Å². The molecule has 0 radical (unpaired) electrons. The fraction of sp³-hybridized carbons (Fsp3) is 0.508. The molecule has 4 aromatic rings. The van der Waals surface area contributed by atoms with Gasteiger partial charge in [-0.3, -0.25) is 9.59 Å². The van der Waals surface area contributed by atoms with Crippen molar-refractivity contribution >= 4 is 133 Å². The van der Waals surface area contributed by atoms with Crippen molar-refractivity contribution < 1.29 is 75.8 Å². The van der Waals surface area contributed by atoms with Crippen LogP contribution in [0.1, 0.15) is 92.6 Å². The number of carbonyl (C=O) groups is 4. The van der Waals surface area contributed by atoms with E-state index in [1.807, 2.05) is 56.5 Å². The summed E-state index contributed by atoms with van der Waals surface area (Å²) in [6.07, 6.45) is 1.59. The van der Waals surface area contributed by atoms with Crippen molar-refractivity contribution in [1.82, 2.24) is 14.8 Å². The molecule has 21 nitrogen and oxygen atoms in total. The van der Waals surface area contributed by atoms with Crippen LogP contribution in [0.5, 0.6) is 34.6 Å². The lowest BCUT2D eigenvalue weighted by atomic mass is 10.0. The number of pyridine rings is 1. The summed E-state index contributed by atoms with van der Waals surface area (Å²) in [5.41, 5.74) is 3.33. The molecule has 4 amide bonds. The minimum absolute atomic E-state index is 0.0198. The Labute approximate surface area is 569 Å². The van der Waals surface area contributed by atoms with Crippen LogP contribution in [-0.2, 0) is 23.1 Å². The summed E-state index contributed by atoms with van der Waals surface area (Å²) in [5.74, 6) is 0.660. The van der Waals surface area contributed by atoms with Crippen LogP contribution in [0.3, 0.4) is 0 Å². The number of hydrogen-bond donors (Lipinski definition) is 1. The second kappa shape index (κ2) is 29.3. The fourth-order valence-electron chi connectivity index (χ4n) is 10.1. The second-order valence-corrected chi connectivity index (χ2v) is 39.8. The number of aliphatic hydroxyl groups excluding tert-OH is 1. The van der Waals surface area contributed by atoms with E-state index in [9.17, 15) is 9.59 Å². The molecule has 1 N–H and O–H groups in total. The van der Waals surface area contributed by atoms with Gasteiger partial charge in [-0.25, -0.2) is 24.4 Å². The van der Waals surface area contributed by atoms with Gasteiger partial charge < -0.3 is 66.4 Å². The lowest BCUT2D eigenvalue weighted by Crippen LogP contribution is -2.58. The van der Waals surface area contributed by atoms with E-state index in [1.165, 1.54) is 48.3 Å². The number of halogens is 6. The first-order valence-corrected chi connectivity index (χ1v) is 37.8. The van der Waals surface area contributed by atoms with Crippen LogP contribution in [0.25, 0.3) is 11.1 Å². The highest BCUT2D eigenvalue weighted by atomic mass is 35.6. The Balaban J connectivity index is 1.13. The maximum atomic E-state index is 15.2. The summed E-state index contributed by atoms with van der Waals surface area (Å²) < 4.78 is 63.2. The van der Waals surface area contributed by atoms with Crippen molar-refractivity contribution in [3.8, 4) is 34.6 Å². The number of hydrogen-bond acceptors (Lipinski definition) is 17. The van der Waals surface area contributed by atoms with Gasteiger partial charge in [0.1, 0.15) is 25.6 Å². The van der Waals surface area contributed by atoms with E-state index in [4.69, 9.17) is 126 Å². The molecule has 5 heterocycles. The Bertz CT molecular complexity index is 3390. The van der Waals surface area contributed by atoms with Gasteiger partial charge >= 0.3 is 12.2 Å². The highest BCUT2D eigenvalue weighted by molar-refractivity contribution is 6.74. The maximum absolute atomic E-state index is 15.2. The molecule has 4 atom stereocenters. The van der Waals surface area contributed by atoms with Gasteiger partial charge in [0.2, 0.25) is 13.5 Å². The quantitative estimate of drug-likeness (QED) is 0.0415. The number of aromatic nitrogens is 1. The molecule has 4 unspecified atom stereocenters. The van der Waals surface area contributed by atoms with Crippen LogP contribution in [0.15, 0.2) is 79.3 Å². The molecule has 0 saturated carbocycles. The maximum Gasteiger partial charge on any atom is 0.416 e. The normalized spacial score (nSPS) is 18.6. The second-order valence-electron chi connectivity index (χ2n) is 25.3. The minimum atomic E-state index is -2.86. The zero-order chi connectivity index (χ0) is 67.5. The molecular weight excluding hydrogens is 1350 g/mol. The van der Waals surface area contributed by atoms with Crippen molar-refractivity contribution in [3.05, 3.63) is 102 Å². The fourth-order valence-corrected chi connectivity index (χ4v) is 12.9. The topological polar surface area (TPSA) is 216 Å². The third-order valence-corrected chi connectivity index (χ3v) is 26.5. The van der Waals surface area contributed by atoms with Gasteiger partial charge in [0, 0.05) is 43.2 Å². The highest BCUT2D eigenvalue weighted by Gasteiger charge is 2.54. The van der Waals surface area contributed by atoms with Crippen molar-refractivity contribution in [2.24, 2.45) is 0 Å². The number of benzene rings is 3. The first kappa shape index (κ1) is 72.4. The van der Waals surface area contributed by atoms with Gasteiger partial charge in [0.25, 0.3) is 11.8 Å². The molecule has 29 heteroatoms. The molecular formula is C63H79Cl6N5O16Si2. The Morgan fingerprint density at radius 1 is 0.576 bits per heavy atom. The Hall–Kier alpha value is -5.42. The van der Waals surface area contributed by atoms with E-state index in [0.717, 1.165) is 16.7 Å². The smallest absolute Gasteiger partial charge is 0.416 e. The van der Waals surface area contributed by atoms with E-state index >= 15 is 9.59 Å². The zero-order valence-corrected chi connectivity index (χ0v) is 60.2.